The molecule has 0 spiro atoms. The topological polar surface area (TPSA) is 68.9 Å². The summed E-state index contributed by atoms with van der Waals surface area (Å²) in [6, 6.07) is 5.51. The van der Waals surface area contributed by atoms with E-state index in [2.05, 4.69) is 10.4 Å². The van der Waals surface area contributed by atoms with Crippen molar-refractivity contribution in [3.63, 3.8) is 0 Å². The molecule has 5 nitrogen and oxygen atoms in total. The highest BCUT2D eigenvalue weighted by atomic mass is 16.5. The van der Waals surface area contributed by atoms with Crippen molar-refractivity contribution in [3.8, 4) is 11.5 Å². The Morgan fingerprint density at radius 2 is 2.00 bits per heavy atom. The first kappa shape index (κ1) is 12.3. The van der Waals surface area contributed by atoms with E-state index in [-0.39, 0.29) is 0 Å². The molecule has 0 aliphatic rings. The van der Waals surface area contributed by atoms with Gasteiger partial charge in [0.25, 0.3) is 0 Å². The number of rotatable bonds is 4. The Balaban J connectivity index is 3.11. The molecule has 0 fully saturated rings. The fourth-order valence-electron chi connectivity index (χ4n) is 1.36. The number of amidine groups is 1. The minimum atomic E-state index is 0.628. The van der Waals surface area contributed by atoms with Crippen molar-refractivity contribution in [2.45, 2.75) is 6.92 Å². The number of hydrazine groups is 1. The number of ether oxygens (including phenoxy) is 2. The zero-order valence-electron chi connectivity index (χ0n) is 9.78. The predicted octanol–water partition coefficient (Wildman–Crippen LogP) is 0.934. The van der Waals surface area contributed by atoms with Gasteiger partial charge in [0, 0.05) is 12.1 Å². The monoisotopic (exact) mass is 223 g/mol. The summed E-state index contributed by atoms with van der Waals surface area (Å²) in [4.78, 5) is 4.23. The summed E-state index contributed by atoms with van der Waals surface area (Å²) in [7, 11) is 3.19. The smallest absolute Gasteiger partial charge is 0.161 e. The summed E-state index contributed by atoms with van der Waals surface area (Å²) in [6.07, 6.45) is 0. The molecule has 1 rings (SSSR count). The standard InChI is InChI=1S/C11H17N3O2/c1-4-13-11(14-12)8-5-6-9(15-2)10(7-8)16-3/h5-7H,4,12H2,1-3H3,(H,13,14). The molecule has 3 N–H and O–H groups in total. The average Bonchev–Trinajstić information content (AvgIpc) is 2.35. The molecule has 0 amide bonds. The van der Waals surface area contributed by atoms with Gasteiger partial charge >= 0.3 is 0 Å². The Morgan fingerprint density at radius 1 is 1.31 bits per heavy atom. The van der Waals surface area contributed by atoms with Crippen LogP contribution in [0.5, 0.6) is 11.5 Å². The SMILES string of the molecule is CCN=C(NN)c1ccc(OC)c(OC)c1. The molecule has 0 aliphatic carbocycles. The first-order chi connectivity index (χ1) is 7.76. The number of benzene rings is 1. The first-order valence-corrected chi connectivity index (χ1v) is 5.00. The van der Waals surface area contributed by atoms with Gasteiger partial charge in [-0.1, -0.05) is 0 Å². The van der Waals surface area contributed by atoms with Crippen molar-refractivity contribution in [2.75, 3.05) is 20.8 Å². The highest BCUT2D eigenvalue weighted by Crippen LogP contribution is 2.27. The lowest BCUT2D eigenvalue weighted by Gasteiger charge is -2.10. The maximum absolute atomic E-state index is 5.40. The van der Waals surface area contributed by atoms with Crippen LogP contribution in [0.15, 0.2) is 23.2 Å². The van der Waals surface area contributed by atoms with E-state index in [4.69, 9.17) is 15.3 Å². The molecule has 0 aliphatic heterocycles. The zero-order valence-corrected chi connectivity index (χ0v) is 9.78. The first-order valence-electron chi connectivity index (χ1n) is 5.00. The van der Waals surface area contributed by atoms with Crippen molar-refractivity contribution >= 4 is 5.84 Å². The van der Waals surface area contributed by atoms with Crippen LogP contribution in [0.1, 0.15) is 12.5 Å². The maximum atomic E-state index is 5.40. The average molecular weight is 223 g/mol. The van der Waals surface area contributed by atoms with Crippen LogP contribution in [0.25, 0.3) is 0 Å². The van der Waals surface area contributed by atoms with Crippen molar-refractivity contribution < 1.29 is 9.47 Å². The molecule has 0 saturated heterocycles. The molecule has 0 aromatic heterocycles. The quantitative estimate of drug-likeness (QED) is 0.345. The highest BCUT2D eigenvalue weighted by molar-refractivity contribution is 5.98. The molecule has 0 unspecified atom stereocenters. The van der Waals surface area contributed by atoms with Crippen LogP contribution < -0.4 is 20.7 Å². The van der Waals surface area contributed by atoms with Gasteiger partial charge in [0.05, 0.1) is 14.2 Å². The lowest BCUT2D eigenvalue weighted by Crippen LogP contribution is -2.31. The van der Waals surface area contributed by atoms with E-state index < -0.39 is 0 Å². The largest absolute Gasteiger partial charge is 0.493 e. The normalized spacial score (nSPS) is 11.1. The van der Waals surface area contributed by atoms with Gasteiger partial charge in [-0.3, -0.25) is 4.99 Å². The molecule has 0 heterocycles. The second-order valence-electron chi connectivity index (χ2n) is 3.04. The molecule has 1 aromatic carbocycles. The summed E-state index contributed by atoms with van der Waals surface area (Å²) in [5.41, 5.74) is 3.42. The Kier molecular flexibility index (Phi) is 4.60. The van der Waals surface area contributed by atoms with Crippen LogP contribution in [0.4, 0.5) is 0 Å². The number of nitrogens with zero attached hydrogens (tertiary/aromatic N) is 1. The van der Waals surface area contributed by atoms with E-state index in [0.717, 1.165) is 5.56 Å². The summed E-state index contributed by atoms with van der Waals surface area (Å²) >= 11 is 0. The van der Waals surface area contributed by atoms with E-state index in [1.165, 1.54) is 0 Å². The van der Waals surface area contributed by atoms with E-state index in [9.17, 15) is 0 Å². The third-order valence-corrected chi connectivity index (χ3v) is 2.11. The van der Waals surface area contributed by atoms with E-state index in [1.54, 1.807) is 14.2 Å². The zero-order chi connectivity index (χ0) is 12.0. The van der Waals surface area contributed by atoms with Crippen molar-refractivity contribution in [1.29, 1.82) is 0 Å². The third kappa shape index (κ3) is 2.64. The van der Waals surface area contributed by atoms with Crippen LogP contribution in [-0.2, 0) is 0 Å². The summed E-state index contributed by atoms with van der Waals surface area (Å²) in [6.45, 7) is 2.60. The Bertz CT molecular complexity index is 377. The molecule has 0 saturated carbocycles. The molecule has 0 radical (unpaired) electrons. The highest BCUT2D eigenvalue weighted by Gasteiger charge is 2.07. The lowest BCUT2D eigenvalue weighted by atomic mass is 10.2. The van der Waals surface area contributed by atoms with Gasteiger partial charge in [-0.2, -0.15) is 0 Å². The van der Waals surface area contributed by atoms with Crippen LogP contribution in [0, 0.1) is 0 Å². The van der Waals surface area contributed by atoms with E-state index in [1.807, 2.05) is 25.1 Å². The van der Waals surface area contributed by atoms with E-state index >= 15 is 0 Å². The predicted molar refractivity (Wildman–Crippen MR) is 63.9 cm³/mol. The van der Waals surface area contributed by atoms with Crippen molar-refractivity contribution in [2.24, 2.45) is 10.8 Å². The van der Waals surface area contributed by atoms with Crippen LogP contribution in [0.3, 0.4) is 0 Å². The third-order valence-electron chi connectivity index (χ3n) is 2.11. The van der Waals surface area contributed by atoms with Gasteiger partial charge in [-0.25, -0.2) is 5.84 Å². The lowest BCUT2D eigenvalue weighted by molar-refractivity contribution is 0.355. The Hall–Kier alpha value is -1.75. The number of hydrogen-bond donors (Lipinski definition) is 2. The van der Waals surface area contributed by atoms with Crippen LogP contribution in [0.2, 0.25) is 0 Å². The second kappa shape index (κ2) is 5.97. The van der Waals surface area contributed by atoms with Crippen LogP contribution >= 0.6 is 0 Å². The number of nitrogens with two attached hydrogens (primary N) is 1. The van der Waals surface area contributed by atoms with Crippen molar-refractivity contribution in [1.82, 2.24) is 5.43 Å². The van der Waals surface area contributed by atoms with E-state index in [0.29, 0.717) is 23.9 Å². The molecule has 5 heteroatoms. The number of aliphatic imine (C=N–C) groups is 1. The summed E-state index contributed by atoms with van der Waals surface area (Å²) < 4.78 is 10.3. The van der Waals surface area contributed by atoms with Crippen molar-refractivity contribution in [3.05, 3.63) is 23.8 Å². The van der Waals surface area contributed by atoms with Gasteiger partial charge < -0.3 is 14.9 Å². The molecule has 1 aromatic rings. The Morgan fingerprint density at radius 3 is 2.50 bits per heavy atom. The number of nitrogens with one attached hydrogen (secondary N) is 1. The molecule has 16 heavy (non-hydrogen) atoms. The van der Waals surface area contributed by atoms with Crippen LogP contribution in [-0.4, -0.2) is 26.6 Å². The minimum Gasteiger partial charge on any atom is -0.493 e. The van der Waals surface area contributed by atoms with Gasteiger partial charge in [-0.05, 0) is 25.1 Å². The summed E-state index contributed by atoms with van der Waals surface area (Å²) in [5, 5.41) is 0. The fourth-order valence-corrected chi connectivity index (χ4v) is 1.36. The molecule has 0 atom stereocenters. The fraction of sp³-hybridized carbons (Fsp3) is 0.364. The second-order valence-corrected chi connectivity index (χ2v) is 3.04. The Labute approximate surface area is 95.2 Å². The summed E-state index contributed by atoms with van der Waals surface area (Å²) in [5.74, 6) is 7.36. The maximum Gasteiger partial charge on any atom is 0.161 e. The van der Waals surface area contributed by atoms with Gasteiger partial charge in [-0.15, -0.1) is 0 Å². The number of methoxy groups -OCH3 is 2. The molecule has 0 bridgehead atoms. The molecular weight excluding hydrogens is 206 g/mol. The molecule has 88 valence electrons. The van der Waals surface area contributed by atoms with Gasteiger partial charge in [0.1, 0.15) is 5.84 Å². The van der Waals surface area contributed by atoms with Gasteiger partial charge in [0.2, 0.25) is 0 Å². The molecular formula is C11H17N3O2. The number of hydrogen-bond acceptors (Lipinski definition) is 4. The van der Waals surface area contributed by atoms with Gasteiger partial charge in [0.15, 0.2) is 11.5 Å². The minimum absolute atomic E-state index is 0.628.